The second kappa shape index (κ2) is 5.07. The van der Waals surface area contributed by atoms with Crippen LogP contribution < -0.4 is 5.32 Å². The summed E-state index contributed by atoms with van der Waals surface area (Å²) in [5, 5.41) is 15.2. The Hall–Kier alpha value is -2.05. The molecule has 0 bridgehead atoms. The van der Waals surface area contributed by atoms with Gasteiger partial charge in [0, 0.05) is 12.6 Å². The van der Waals surface area contributed by atoms with Gasteiger partial charge in [-0.25, -0.2) is 9.59 Å². The molecule has 0 aromatic carbocycles. The monoisotopic (exact) mass is 253 g/mol. The Morgan fingerprint density at radius 2 is 2.44 bits per heavy atom. The highest BCUT2D eigenvalue weighted by Gasteiger charge is 2.39. The molecule has 0 radical (unpaired) electrons. The van der Waals surface area contributed by atoms with E-state index in [-0.39, 0.29) is 18.5 Å². The lowest BCUT2D eigenvalue weighted by Crippen LogP contribution is -2.47. The average Bonchev–Trinajstić information content (AvgIpc) is 2.94. The van der Waals surface area contributed by atoms with Crippen molar-refractivity contribution >= 4 is 12.0 Å². The number of aromatic nitrogens is 1. The molecule has 1 aliphatic rings. The van der Waals surface area contributed by atoms with Gasteiger partial charge in [0.25, 0.3) is 0 Å². The van der Waals surface area contributed by atoms with Gasteiger partial charge >= 0.3 is 12.0 Å². The molecule has 0 aliphatic carbocycles. The lowest BCUT2D eigenvalue weighted by molar-refractivity contribution is -0.142. The van der Waals surface area contributed by atoms with Crippen molar-refractivity contribution in [2.45, 2.75) is 25.9 Å². The van der Waals surface area contributed by atoms with Gasteiger partial charge in [-0.1, -0.05) is 12.1 Å². The van der Waals surface area contributed by atoms with Crippen LogP contribution in [0.25, 0.3) is 0 Å². The third-order valence-electron chi connectivity index (χ3n) is 3.12. The number of hydrogen-bond acceptors (Lipinski definition) is 4. The predicted molar refractivity (Wildman–Crippen MR) is 60.6 cm³/mol. The molecule has 1 aromatic heterocycles. The number of nitrogens with one attached hydrogen (secondary N) is 1. The molecule has 2 rings (SSSR count). The van der Waals surface area contributed by atoms with Crippen LogP contribution in [-0.2, 0) is 11.3 Å². The van der Waals surface area contributed by atoms with E-state index in [1.807, 2.05) is 6.92 Å². The summed E-state index contributed by atoms with van der Waals surface area (Å²) in [6.45, 7) is 2.50. The summed E-state index contributed by atoms with van der Waals surface area (Å²) in [6.07, 6.45) is 2.19. The zero-order chi connectivity index (χ0) is 13.1. The maximum atomic E-state index is 11.9. The van der Waals surface area contributed by atoms with Crippen molar-refractivity contribution in [1.29, 1.82) is 0 Å². The Kier molecular flexibility index (Phi) is 3.50. The van der Waals surface area contributed by atoms with Gasteiger partial charge in [-0.05, 0) is 12.3 Å². The lowest BCUT2D eigenvalue weighted by Gasteiger charge is -2.23. The third-order valence-corrected chi connectivity index (χ3v) is 3.12. The van der Waals surface area contributed by atoms with E-state index in [1.165, 1.54) is 11.1 Å². The topological polar surface area (TPSA) is 95.7 Å². The highest BCUT2D eigenvalue weighted by atomic mass is 16.5. The van der Waals surface area contributed by atoms with Crippen molar-refractivity contribution in [3.8, 4) is 0 Å². The molecule has 2 N–H and O–H groups in total. The van der Waals surface area contributed by atoms with Gasteiger partial charge in [-0.3, -0.25) is 0 Å². The number of carbonyl (C=O) groups excluding carboxylic acids is 1. The second-order valence-corrected chi connectivity index (χ2v) is 4.38. The van der Waals surface area contributed by atoms with Gasteiger partial charge < -0.3 is 19.8 Å². The van der Waals surface area contributed by atoms with Crippen molar-refractivity contribution in [1.82, 2.24) is 15.4 Å². The van der Waals surface area contributed by atoms with Crippen molar-refractivity contribution < 1.29 is 19.2 Å². The fourth-order valence-electron chi connectivity index (χ4n) is 2.15. The third kappa shape index (κ3) is 2.44. The quantitative estimate of drug-likeness (QED) is 0.825. The van der Waals surface area contributed by atoms with Crippen LogP contribution in [0, 0.1) is 5.92 Å². The van der Waals surface area contributed by atoms with Crippen molar-refractivity contribution in [3.05, 3.63) is 18.0 Å². The van der Waals surface area contributed by atoms with Crippen LogP contribution in [0.2, 0.25) is 0 Å². The molecule has 2 atom stereocenters. The lowest BCUT2D eigenvalue weighted by atomic mass is 10.0. The molecule has 1 aromatic rings. The number of carboxylic acid groups (broad SMARTS) is 1. The van der Waals surface area contributed by atoms with E-state index in [0.717, 1.165) is 0 Å². The van der Waals surface area contributed by atoms with Crippen molar-refractivity contribution in [2.75, 3.05) is 6.54 Å². The minimum Gasteiger partial charge on any atom is -0.480 e. The van der Waals surface area contributed by atoms with Gasteiger partial charge in [-0.15, -0.1) is 0 Å². The summed E-state index contributed by atoms with van der Waals surface area (Å²) in [5.41, 5.74) is 0. The zero-order valence-corrected chi connectivity index (χ0v) is 10.00. The Bertz CT molecular complexity index is 432. The normalized spacial score (nSPS) is 23.1. The van der Waals surface area contributed by atoms with E-state index in [0.29, 0.717) is 18.7 Å². The fourth-order valence-corrected chi connectivity index (χ4v) is 2.15. The first-order valence-corrected chi connectivity index (χ1v) is 5.76. The smallest absolute Gasteiger partial charge is 0.326 e. The summed E-state index contributed by atoms with van der Waals surface area (Å²) < 4.78 is 4.84. The molecule has 1 saturated heterocycles. The number of likely N-dealkylation sites (tertiary alicyclic amines) is 1. The van der Waals surface area contributed by atoms with Gasteiger partial charge in [0.1, 0.15) is 6.04 Å². The van der Waals surface area contributed by atoms with Gasteiger partial charge in [-0.2, -0.15) is 0 Å². The molecule has 1 aliphatic heterocycles. The Morgan fingerprint density at radius 1 is 1.67 bits per heavy atom. The number of aliphatic carboxylic acids is 1. The van der Waals surface area contributed by atoms with E-state index >= 15 is 0 Å². The first-order chi connectivity index (χ1) is 8.59. The van der Waals surface area contributed by atoms with E-state index in [1.54, 1.807) is 6.07 Å². The molecule has 98 valence electrons. The van der Waals surface area contributed by atoms with E-state index < -0.39 is 12.0 Å². The fraction of sp³-hybridized carbons (Fsp3) is 0.545. The molecule has 18 heavy (non-hydrogen) atoms. The minimum absolute atomic E-state index is 0.0291. The molecule has 2 unspecified atom stereocenters. The highest BCUT2D eigenvalue weighted by Crippen LogP contribution is 2.24. The number of carboxylic acids is 1. The number of amides is 2. The number of urea groups is 1. The van der Waals surface area contributed by atoms with E-state index in [4.69, 9.17) is 9.63 Å². The average molecular weight is 253 g/mol. The SMILES string of the molecule is CC1CCN(C(=O)NCc2ccno2)C1C(=O)O. The molecule has 0 saturated carbocycles. The van der Waals surface area contributed by atoms with Crippen molar-refractivity contribution in [2.24, 2.45) is 5.92 Å². The van der Waals surface area contributed by atoms with Crippen LogP contribution in [0.5, 0.6) is 0 Å². The maximum Gasteiger partial charge on any atom is 0.326 e. The molecule has 7 nitrogen and oxygen atoms in total. The number of rotatable bonds is 3. The molecule has 0 spiro atoms. The second-order valence-electron chi connectivity index (χ2n) is 4.38. The van der Waals surface area contributed by atoms with E-state index in [2.05, 4.69) is 10.5 Å². The molecular formula is C11H15N3O4. The van der Waals surface area contributed by atoms with E-state index in [9.17, 15) is 9.59 Å². The van der Waals surface area contributed by atoms with Crippen LogP contribution in [0.15, 0.2) is 16.8 Å². The van der Waals surface area contributed by atoms with Crippen LogP contribution in [0.3, 0.4) is 0 Å². The first-order valence-electron chi connectivity index (χ1n) is 5.76. The van der Waals surface area contributed by atoms with Crippen LogP contribution >= 0.6 is 0 Å². The molecular weight excluding hydrogens is 238 g/mol. The summed E-state index contributed by atoms with van der Waals surface area (Å²) in [4.78, 5) is 24.4. The van der Waals surface area contributed by atoms with Crippen molar-refractivity contribution in [3.63, 3.8) is 0 Å². The summed E-state index contributed by atoms with van der Waals surface area (Å²) in [5.74, 6) is -0.462. The predicted octanol–water partition coefficient (Wildman–Crippen LogP) is 0.679. The van der Waals surface area contributed by atoms with Crippen LogP contribution in [0.1, 0.15) is 19.1 Å². The number of carbonyl (C=O) groups is 2. The first kappa shape index (κ1) is 12.4. The standard InChI is InChI=1S/C11H15N3O4/c1-7-3-5-14(9(7)10(15)16)11(17)12-6-8-2-4-13-18-8/h2,4,7,9H,3,5-6H2,1H3,(H,12,17)(H,15,16). The summed E-state index contributed by atoms with van der Waals surface area (Å²) >= 11 is 0. The molecule has 7 heteroatoms. The summed E-state index contributed by atoms with van der Waals surface area (Å²) in [6, 6.07) is 0.504. The molecule has 2 heterocycles. The van der Waals surface area contributed by atoms with Crippen LogP contribution in [0.4, 0.5) is 4.79 Å². The van der Waals surface area contributed by atoms with Gasteiger partial charge in [0.2, 0.25) is 0 Å². The largest absolute Gasteiger partial charge is 0.480 e. The molecule has 1 fully saturated rings. The highest BCUT2D eigenvalue weighted by molar-refractivity contribution is 5.83. The Morgan fingerprint density at radius 3 is 3.06 bits per heavy atom. The maximum absolute atomic E-state index is 11.9. The zero-order valence-electron chi connectivity index (χ0n) is 10.00. The Labute approximate surface area is 104 Å². The van der Waals surface area contributed by atoms with Gasteiger partial charge in [0.05, 0.1) is 12.7 Å². The number of nitrogens with zero attached hydrogens (tertiary/aromatic N) is 2. The van der Waals surface area contributed by atoms with Crippen LogP contribution in [-0.4, -0.2) is 39.8 Å². The number of hydrogen-bond donors (Lipinski definition) is 2. The summed E-state index contributed by atoms with van der Waals surface area (Å²) in [7, 11) is 0. The minimum atomic E-state index is -0.963. The molecule has 2 amide bonds. The van der Waals surface area contributed by atoms with Gasteiger partial charge in [0.15, 0.2) is 5.76 Å². The Balaban J connectivity index is 1.94.